The second-order valence-electron chi connectivity index (χ2n) is 5.74. The van der Waals surface area contributed by atoms with E-state index in [4.69, 9.17) is 16.3 Å². The summed E-state index contributed by atoms with van der Waals surface area (Å²) in [7, 11) is 0. The normalized spacial score (nSPS) is 15.6. The zero-order chi connectivity index (χ0) is 14.3. The van der Waals surface area contributed by atoms with E-state index in [-0.39, 0.29) is 5.41 Å². The maximum Gasteiger partial charge on any atom is 0.150 e. The molecule has 0 bridgehead atoms. The van der Waals surface area contributed by atoms with Crippen LogP contribution in [0, 0.1) is 0 Å². The summed E-state index contributed by atoms with van der Waals surface area (Å²) in [6, 6.07) is 11.5. The van der Waals surface area contributed by atoms with Crippen molar-refractivity contribution in [2.45, 2.75) is 19.3 Å². The predicted molar refractivity (Wildman–Crippen MR) is 80.8 cm³/mol. The Morgan fingerprint density at radius 1 is 1.20 bits per heavy atom. The van der Waals surface area contributed by atoms with Gasteiger partial charge in [0.1, 0.15) is 12.0 Å². The SMILES string of the molecule is CC1(C)COc2ccc(-c3ccc(C=O)cc3Cl)cc21. The average molecular weight is 287 g/mol. The minimum Gasteiger partial charge on any atom is -0.492 e. The Labute approximate surface area is 123 Å². The Balaban J connectivity index is 2.10. The summed E-state index contributed by atoms with van der Waals surface area (Å²) in [4.78, 5) is 10.8. The third-order valence-corrected chi connectivity index (χ3v) is 4.05. The molecule has 0 N–H and O–H groups in total. The van der Waals surface area contributed by atoms with Gasteiger partial charge in [-0.2, -0.15) is 0 Å². The molecule has 0 spiro atoms. The molecule has 0 unspecified atom stereocenters. The van der Waals surface area contributed by atoms with Gasteiger partial charge in [-0.15, -0.1) is 0 Å². The summed E-state index contributed by atoms with van der Waals surface area (Å²) in [6.45, 7) is 5.03. The van der Waals surface area contributed by atoms with Gasteiger partial charge in [-0.3, -0.25) is 4.79 Å². The van der Waals surface area contributed by atoms with Gasteiger partial charge in [0.25, 0.3) is 0 Å². The minimum absolute atomic E-state index is 0.0144. The Morgan fingerprint density at radius 2 is 2.00 bits per heavy atom. The lowest BCUT2D eigenvalue weighted by Gasteiger charge is -2.16. The summed E-state index contributed by atoms with van der Waals surface area (Å²) in [5, 5.41) is 0.589. The summed E-state index contributed by atoms with van der Waals surface area (Å²) >= 11 is 6.27. The van der Waals surface area contributed by atoms with Crippen LogP contribution in [0.3, 0.4) is 0 Å². The third-order valence-electron chi connectivity index (χ3n) is 3.74. The Morgan fingerprint density at radius 3 is 2.70 bits per heavy atom. The number of hydrogen-bond acceptors (Lipinski definition) is 2. The van der Waals surface area contributed by atoms with Gasteiger partial charge in [-0.05, 0) is 23.8 Å². The third kappa shape index (κ3) is 2.10. The zero-order valence-electron chi connectivity index (χ0n) is 11.4. The molecule has 0 atom stereocenters. The molecule has 0 fully saturated rings. The van der Waals surface area contributed by atoms with E-state index in [1.807, 2.05) is 18.2 Å². The summed E-state index contributed by atoms with van der Waals surface area (Å²) in [5.41, 5.74) is 3.78. The molecule has 1 heterocycles. The lowest BCUT2D eigenvalue weighted by molar-refractivity contribution is 0.112. The van der Waals surface area contributed by atoms with Crippen molar-refractivity contribution in [3.63, 3.8) is 0 Å². The maximum absolute atomic E-state index is 10.8. The highest BCUT2D eigenvalue weighted by Gasteiger charge is 2.31. The first-order chi connectivity index (χ1) is 9.51. The molecular weight excluding hydrogens is 272 g/mol. The Kier molecular flexibility index (Phi) is 3.06. The molecule has 2 aromatic carbocycles. The van der Waals surface area contributed by atoms with Crippen molar-refractivity contribution in [3.8, 4) is 16.9 Å². The first-order valence-electron chi connectivity index (χ1n) is 6.54. The molecule has 0 saturated heterocycles. The van der Waals surface area contributed by atoms with Crippen molar-refractivity contribution in [2.24, 2.45) is 0 Å². The average Bonchev–Trinajstić information content (AvgIpc) is 2.74. The van der Waals surface area contributed by atoms with Crippen molar-refractivity contribution in [1.82, 2.24) is 0 Å². The van der Waals surface area contributed by atoms with Crippen molar-refractivity contribution in [3.05, 3.63) is 52.5 Å². The van der Waals surface area contributed by atoms with Crippen LogP contribution in [-0.4, -0.2) is 12.9 Å². The van der Waals surface area contributed by atoms with Gasteiger partial charge in [0.05, 0.1) is 6.61 Å². The number of fused-ring (bicyclic) bond motifs is 1. The van der Waals surface area contributed by atoms with Crippen LogP contribution in [0.25, 0.3) is 11.1 Å². The number of carbonyl (C=O) groups excluding carboxylic acids is 1. The van der Waals surface area contributed by atoms with Gasteiger partial charge in [-0.25, -0.2) is 0 Å². The van der Waals surface area contributed by atoms with Gasteiger partial charge in [-0.1, -0.05) is 43.6 Å². The number of ether oxygens (including phenoxy) is 1. The number of hydrogen-bond donors (Lipinski definition) is 0. The van der Waals surface area contributed by atoms with E-state index in [0.717, 1.165) is 23.2 Å². The monoisotopic (exact) mass is 286 g/mol. The summed E-state index contributed by atoms with van der Waals surface area (Å²) in [5.74, 6) is 0.944. The molecule has 0 radical (unpaired) electrons. The predicted octanol–water partition coefficient (Wildman–Crippen LogP) is 4.49. The first kappa shape index (κ1) is 13.2. The van der Waals surface area contributed by atoms with Crippen LogP contribution in [0.1, 0.15) is 29.8 Å². The molecule has 0 saturated carbocycles. The second kappa shape index (κ2) is 4.64. The highest BCUT2D eigenvalue weighted by molar-refractivity contribution is 6.33. The van der Waals surface area contributed by atoms with E-state index in [1.54, 1.807) is 12.1 Å². The smallest absolute Gasteiger partial charge is 0.150 e. The molecule has 0 amide bonds. The molecule has 3 rings (SSSR count). The van der Waals surface area contributed by atoms with E-state index in [1.165, 1.54) is 5.56 Å². The molecule has 2 nitrogen and oxygen atoms in total. The fourth-order valence-electron chi connectivity index (χ4n) is 2.53. The molecule has 1 aliphatic rings. The molecule has 2 aromatic rings. The van der Waals surface area contributed by atoms with Crippen LogP contribution in [-0.2, 0) is 5.41 Å². The molecule has 20 heavy (non-hydrogen) atoms. The highest BCUT2D eigenvalue weighted by Crippen LogP contribution is 2.41. The topological polar surface area (TPSA) is 26.3 Å². The molecular formula is C17H15ClO2. The van der Waals surface area contributed by atoms with Crippen LogP contribution < -0.4 is 4.74 Å². The van der Waals surface area contributed by atoms with Gasteiger partial charge < -0.3 is 4.74 Å². The lowest BCUT2D eigenvalue weighted by atomic mass is 9.85. The summed E-state index contributed by atoms with van der Waals surface area (Å²) < 4.78 is 5.69. The minimum atomic E-state index is 0.0144. The second-order valence-corrected chi connectivity index (χ2v) is 6.15. The van der Waals surface area contributed by atoms with E-state index in [2.05, 4.69) is 19.9 Å². The van der Waals surface area contributed by atoms with E-state index in [0.29, 0.717) is 17.2 Å². The largest absolute Gasteiger partial charge is 0.492 e. The van der Waals surface area contributed by atoms with Gasteiger partial charge in [0.2, 0.25) is 0 Å². The van der Waals surface area contributed by atoms with E-state index in [9.17, 15) is 4.79 Å². The highest BCUT2D eigenvalue weighted by atomic mass is 35.5. The number of rotatable bonds is 2. The zero-order valence-corrected chi connectivity index (χ0v) is 12.2. The quantitative estimate of drug-likeness (QED) is 0.760. The first-order valence-corrected chi connectivity index (χ1v) is 6.91. The van der Waals surface area contributed by atoms with Crippen LogP contribution in [0.5, 0.6) is 5.75 Å². The van der Waals surface area contributed by atoms with Crippen LogP contribution in [0.15, 0.2) is 36.4 Å². The summed E-state index contributed by atoms with van der Waals surface area (Å²) in [6.07, 6.45) is 0.801. The van der Waals surface area contributed by atoms with Gasteiger partial charge in [0, 0.05) is 27.1 Å². The maximum atomic E-state index is 10.8. The standard InChI is InChI=1S/C17H15ClO2/c1-17(2)10-20-16-6-4-12(8-14(16)17)13-5-3-11(9-19)7-15(13)18/h3-9H,10H2,1-2H3. The van der Waals surface area contributed by atoms with Crippen molar-refractivity contribution in [1.29, 1.82) is 0 Å². The van der Waals surface area contributed by atoms with Crippen LogP contribution >= 0.6 is 11.6 Å². The number of aldehydes is 1. The van der Waals surface area contributed by atoms with Gasteiger partial charge in [0.15, 0.2) is 0 Å². The Bertz CT molecular complexity index is 689. The molecule has 0 aliphatic carbocycles. The molecule has 0 aromatic heterocycles. The van der Waals surface area contributed by atoms with Crippen LogP contribution in [0.2, 0.25) is 5.02 Å². The fourth-order valence-corrected chi connectivity index (χ4v) is 2.83. The number of carbonyl (C=O) groups is 1. The van der Waals surface area contributed by atoms with Crippen molar-refractivity contribution < 1.29 is 9.53 Å². The van der Waals surface area contributed by atoms with Gasteiger partial charge >= 0.3 is 0 Å². The lowest BCUT2D eigenvalue weighted by Crippen LogP contribution is -2.18. The van der Waals surface area contributed by atoms with Crippen molar-refractivity contribution in [2.75, 3.05) is 6.61 Å². The molecule has 3 heteroatoms. The van der Waals surface area contributed by atoms with Crippen molar-refractivity contribution >= 4 is 17.9 Å². The fraction of sp³-hybridized carbons (Fsp3) is 0.235. The molecule has 102 valence electrons. The Hall–Kier alpha value is -1.80. The van der Waals surface area contributed by atoms with E-state index >= 15 is 0 Å². The molecule has 1 aliphatic heterocycles. The number of benzene rings is 2. The van der Waals surface area contributed by atoms with Crippen LogP contribution in [0.4, 0.5) is 0 Å². The number of halogens is 1. The van der Waals surface area contributed by atoms with E-state index < -0.39 is 0 Å².